The molecule has 1 atom stereocenters. The summed E-state index contributed by atoms with van der Waals surface area (Å²) in [7, 11) is 1.57. The van der Waals surface area contributed by atoms with Crippen molar-refractivity contribution in [3.05, 3.63) is 24.0 Å². The number of rotatable bonds is 3. The average Bonchev–Trinajstić information content (AvgIpc) is 2.17. The van der Waals surface area contributed by atoms with E-state index >= 15 is 0 Å². The molecule has 0 unspecified atom stereocenters. The number of aliphatic hydroxyl groups is 1. The zero-order valence-electron chi connectivity index (χ0n) is 6.90. The second kappa shape index (κ2) is 4.04. The Labute approximate surface area is 71.0 Å². The summed E-state index contributed by atoms with van der Waals surface area (Å²) in [5.74, 6) is 0.698. The molecule has 0 aliphatic rings. The van der Waals surface area contributed by atoms with Gasteiger partial charge in [-0.3, -0.25) is 4.98 Å². The lowest BCUT2D eigenvalue weighted by atomic mass is 10.2. The number of hydrogen-bond acceptors (Lipinski definition) is 4. The first kappa shape index (κ1) is 8.96. The van der Waals surface area contributed by atoms with Gasteiger partial charge >= 0.3 is 0 Å². The molecule has 66 valence electrons. The van der Waals surface area contributed by atoms with Crippen LogP contribution in [0.4, 0.5) is 0 Å². The van der Waals surface area contributed by atoms with Gasteiger partial charge in [0.05, 0.1) is 25.5 Å². The molecule has 1 heterocycles. The van der Waals surface area contributed by atoms with Crippen LogP contribution in [0.25, 0.3) is 0 Å². The number of pyridine rings is 1. The predicted octanol–water partition coefficient (Wildman–Crippen LogP) is 0.0823. The molecule has 0 radical (unpaired) electrons. The molecule has 0 aliphatic carbocycles. The fourth-order valence-electron chi connectivity index (χ4n) is 0.851. The first-order valence-electron chi connectivity index (χ1n) is 3.64. The molecule has 1 aromatic heterocycles. The lowest BCUT2D eigenvalue weighted by molar-refractivity contribution is 0.265. The molecule has 0 aliphatic heterocycles. The number of hydrogen-bond donors (Lipinski definition) is 2. The first-order chi connectivity index (χ1) is 5.77. The van der Waals surface area contributed by atoms with Gasteiger partial charge in [0.1, 0.15) is 5.75 Å². The van der Waals surface area contributed by atoms with Crippen LogP contribution in [0.15, 0.2) is 18.3 Å². The number of aromatic nitrogens is 1. The summed E-state index contributed by atoms with van der Waals surface area (Å²) in [4.78, 5) is 3.99. The van der Waals surface area contributed by atoms with Crippen molar-refractivity contribution in [2.24, 2.45) is 5.73 Å². The van der Waals surface area contributed by atoms with Crippen LogP contribution in [-0.2, 0) is 0 Å². The highest BCUT2D eigenvalue weighted by Gasteiger charge is 2.05. The van der Waals surface area contributed by atoms with E-state index in [0.29, 0.717) is 11.4 Å². The van der Waals surface area contributed by atoms with Crippen LogP contribution in [0.5, 0.6) is 5.75 Å². The van der Waals surface area contributed by atoms with Gasteiger partial charge in [0.15, 0.2) is 0 Å². The molecule has 0 saturated heterocycles. The molecule has 1 rings (SSSR count). The van der Waals surface area contributed by atoms with E-state index in [2.05, 4.69) is 4.98 Å². The van der Waals surface area contributed by atoms with Crippen LogP contribution < -0.4 is 10.5 Å². The minimum absolute atomic E-state index is 0.111. The van der Waals surface area contributed by atoms with E-state index in [0.717, 1.165) is 0 Å². The molecule has 12 heavy (non-hydrogen) atoms. The van der Waals surface area contributed by atoms with Crippen molar-refractivity contribution in [2.45, 2.75) is 6.04 Å². The van der Waals surface area contributed by atoms with E-state index in [4.69, 9.17) is 15.6 Å². The number of aliphatic hydroxyl groups excluding tert-OH is 1. The summed E-state index contributed by atoms with van der Waals surface area (Å²) in [5.41, 5.74) is 6.19. The van der Waals surface area contributed by atoms with Crippen LogP contribution in [0.2, 0.25) is 0 Å². The van der Waals surface area contributed by atoms with Crippen LogP contribution >= 0.6 is 0 Å². The summed E-state index contributed by atoms with van der Waals surface area (Å²) in [6.45, 7) is -0.111. The Bertz CT molecular complexity index is 253. The fraction of sp³-hybridized carbons (Fsp3) is 0.375. The summed E-state index contributed by atoms with van der Waals surface area (Å²) in [6.07, 6.45) is 1.60. The van der Waals surface area contributed by atoms with Gasteiger partial charge in [-0.1, -0.05) is 0 Å². The lowest BCUT2D eigenvalue weighted by Crippen LogP contribution is -2.15. The standard InChI is InChI=1S/C8H12N2O2/c1-12-6-2-3-10-8(4-6)7(9)5-11/h2-4,7,11H,5,9H2,1H3/t7-/m1/s1. The molecule has 0 amide bonds. The summed E-state index contributed by atoms with van der Waals surface area (Å²) >= 11 is 0. The topological polar surface area (TPSA) is 68.4 Å². The van der Waals surface area contributed by atoms with Crippen molar-refractivity contribution in [3.63, 3.8) is 0 Å². The highest BCUT2D eigenvalue weighted by Crippen LogP contribution is 2.13. The van der Waals surface area contributed by atoms with E-state index in [1.807, 2.05) is 0 Å². The molecule has 1 aromatic rings. The van der Waals surface area contributed by atoms with E-state index < -0.39 is 6.04 Å². The maximum absolute atomic E-state index is 8.75. The summed E-state index contributed by atoms with van der Waals surface area (Å²) < 4.78 is 4.97. The lowest BCUT2D eigenvalue weighted by Gasteiger charge is -2.07. The number of nitrogens with zero attached hydrogens (tertiary/aromatic N) is 1. The van der Waals surface area contributed by atoms with Crippen LogP contribution in [0.3, 0.4) is 0 Å². The van der Waals surface area contributed by atoms with Crippen molar-refractivity contribution in [1.29, 1.82) is 0 Å². The highest BCUT2D eigenvalue weighted by atomic mass is 16.5. The Kier molecular flexibility index (Phi) is 3.01. The Morgan fingerprint density at radius 2 is 2.50 bits per heavy atom. The molecule has 3 N–H and O–H groups in total. The second-order valence-corrected chi connectivity index (χ2v) is 2.41. The third-order valence-electron chi connectivity index (χ3n) is 1.56. The SMILES string of the molecule is COc1ccnc([C@H](N)CO)c1. The largest absolute Gasteiger partial charge is 0.497 e. The molecule has 4 heteroatoms. The zero-order valence-corrected chi connectivity index (χ0v) is 6.90. The van der Waals surface area contributed by atoms with Gasteiger partial charge in [-0.25, -0.2) is 0 Å². The summed E-state index contributed by atoms with van der Waals surface area (Å²) in [6, 6.07) is 3.01. The highest BCUT2D eigenvalue weighted by molar-refractivity contribution is 5.24. The van der Waals surface area contributed by atoms with Gasteiger partial charge in [0.25, 0.3) is 0 Å². The summed E-state index contributed by atoms with van der Waals surface area (Å²) in [5, 5.41) is 8.75. The van der Waals surface area contributed by atoms with Gasteiger partial charge in [-0.05, 0) is 6.07 Å². The molecule has 0 spiro atoms. The maximum atomic E-state index is 8.75. The molecule has 0 bridgehead atoms. The molecule has 0 fully saturated rings. The molecule has 0 aromatic carbocycles. The molecule has 0 saturated carbocycles. The second-order valence-electron chi connectivity index (χ2n) is 2.41. The van der Waals surface area contributed by atoms with Crippen molar-refractivity contribution in [3.8, 4) is 5.75 Å². The van der Waals surface area contributed by atoms with E-state index in [1.165, 1.54) is 0 Å². The number of nitrogens with two attached hydrogens (primary N) is 1. The Morgan fingerprint density at radius 3 is 3.08 bits per heavy atom. The predicted molar refractivity (Wildman–Crippen MR) is 44.8 cm³/mol. The Balaban J connectivity index is 2.86. The average molecular weight is 168 g/mol. The molecular formula is C8H12N2O2. The molecule has 4 nitrogen and oxygen atoms in total. The van der Waals surface area contributed by atoms with Gasteiger partial charge in [0, 0.05) is 12.3 Å². The van der Waals surface area contributed by atoms with Gasteiger partial charge in [-0.2, -0.15) is 0 Å². The van der Waals surface area contributed by atoms with Crippen molar-refractivity contribution in [2.75, 3.05) is 13.7 Å². The zero-order chi connectivity index (χ0) is 8.97. The van der Waals surface area contributed by atoms with Crippen molar-refractivity contribution < 1.29 is 9.84 Å². The van der Waals surface area contributed by atoms with Crippen LogP contribution in [-0.4, -0.2) is 23.8 Å². The molecular weight excluding hydrogens is 156 g/mol. The minimum atomic E-state index is -0.430. The van der Waals surface area contributed by atoms with Crippen molar-refractivity contribution in [1.82, 2.24) is 4.98 Å². The third-order valence-corrected chi connectivity index (χ3v) is 1.56. The third kappa shape index (κ3) is 1.93. The van der Waals surface area contributed by atoms with Gasteiger partial charge in [0.2, 0.25) is 0 Å². The first-order valence-corrected chi connectivity index (χ1v) is 3.64. The van der Waals surface area contributed by atoms with Gasteiger partial charge < -0.3 is 15.6 Å². The number of ether oxygens (including phenoxy) is 1. The van der Waals surface area contributed by atoms with Crippen LogP contribution in [0.1, 0.15) is 11.7 Å². The fourth-order valence-corrected chi connectivity index (χ4v) is 0.851. The smallest absolute Gasteiger partial charge is 0.122 e. The van der Waals surface area contributed by atoms with E-state index in [-0.39, 0.29) is 6.61 Å². The van der Waals surface area contributed by atoms with Crippen molar-refractivity contribution >= 4 is 0 Å². The maximum Gasteiger partial charge on any atom is 0.122 e. The normalized spacial score (nSPS) is 12.6. The van der Waals surface area contributed by atoms with E-state index in [9.17, 15) is 0 Å². The quantitative estimate of drug-likeness (QED) is 0.670. The van der Waals surface area contributed by atoms with E-state index in [1.54, 1.807) is 25.4 Å². The Hall–Kier alpha value is -1.13. The van der Waals surface area contributed by atoms with Crippen LogP contribution in [0, 0.1) is 0 Å². The Morgan fingerprint density at radius 1 is 1.75 bits per heavy atom. The number of methoxy groups -OCH3 is 1. The van der Waals surface area contributed by atoms with Gasteiger partial charge in [-0.15, -0.1) is 0 Å². The minimum Gasteiger partial charge on any atom is -0.497 e. The monoisotopic (exact) mass is 168 g/mol.